The summed E-state index contributed by atoms with van der Waals surface area (Å²) in [5.41, 5.74) is 7.80. The van der Waals surface area contributed by atoms with Crippen LogP contribution in [0.15, 0.2) is 6.07 Å². The van der Waals surface area contributed by atoms with Crippen LogP contribution in [0.3, 0.4) is 0 Å². The number of anilines is 3. The van der Waals surface area contributed by atoms with E-state index in [0.29, 0.717) is 18.8 Å². The molecule has 1 unspecified atom stereocenters. The molecule has 1 aliphatic rings. The Morgan fingerprint density at radius 1 is 1.37 bits per heavy atom. The number of nitrogen functional groups attached to an aromatic ring is 2. The van der Waals surface area contributed by atoms with Gasteiger partial charge in [-0.05, 0) is 12.8 Å². The molecule has 2 heterocycles. The maximum absolute atomic E-state index is 12.7. The molecule has 9 heteroatoms. The van der Waals surface area contributed by atoms with Crippen molar-refractivity contribution in [3.8, 4) is 0 Å². The fourth-order valence-electron chi connectivity index (χ4n) is 2.14. The van der Waals surface area contributed by atoms with E-state index in [9.17, 15) is 13.2 Å². The Bertz CT molecular complexity index is 449. The van der Waals surface area contributed by atoms with Crippen LogP contribution >= 0.6 is 0 Å². The summed E-state index contributed by atoms with van der Waals surface area (Å²) < 4.78 is 38.2. The van der Waals surface area contributed by atoms with E-state index in [4.69, 9.17) is 11.6 Å². The fraction of sp³-hybridized carbons (Fsp3) is 0.600. The monoisotopic (exact) mass is 276 g/mol. The first-order valence-electron chi connectivity index (χ1n) is 5.83. The number of nitrogens with one attached hydrogen (secondary N) is 1. The third-order valence-corrected chi connectivity index (χ3v) is 3.09. The van der Waals surface area contributed by atoms with E-state index in [2.05, 4.69) is 15.4 Å². The molecular formula is C10H15F3N6. The van der Waals surface area contributed by atoms with Crippen LogP contribution in [0.1, 0.15) is 12.8 Å². The lowest BCUT2D eigenvalue weighted by molar-refractivity contribution is -0.176. The van der Waals surface area contributed by atoms with Gasteiger partial charge in [0.15, 0.2) is 0 Å². The van der Waals surface area contributed by atoms with Crippen molar-refractivity contribution in [2.75, 3.05) is 29.1 Å². The van der Waals surface area contributed by atoms with Crippen LogP contribution in [-0.4, -0.2) is 29.2 Å². The molecular weight excluding hydrogens is 261 g/mol. The SMILES string of the molecule is NNc1cc(N2CCCC(C(F)(F)F)C2)nc(N)n1. The first-order chi connectivity index (χ1) is 8.90. The van der Waals surface area contributed by atoms with Crippen LogP contribution in [0.25, 0.3) is 0 Å². The summed E-state index contributed by atoms with van der Waals surface area (Å²) in [5.74, 6) is 4.48. The number of aromatic nitrogens is 2. The molecule has 1 fully saturated rings. The number of halogens is 3. The highest BCUT2D eigenvalue weighted by atomic mass is 19.4. The van der Waals surface area contributed by atoms with Crippen LogP contribution in [0.2, 0.25) is 0 Å². The molecule has 2 rings (SSSR count). The van der Waals surface area contributed by atoms with Crippen LogP contribution in [-0.2, 0) is 0 Å². The Morgan fingerprint density at radius 2 is 2.11 bits per heavy atom. The molecule has 19 heavy (non-hydrogen) atoms. The van der Waals surface area contributed by atoms with Crippen LogP contribution < -0.4 is 21.9 Å². The molecule has 5 N–H and O–H groups in total. The summed E-state index contributed by atoms with van der Waals surface area (Å²) >= 11 is 0. The smallest absolute Gasteiger partial charge is 0.368 e. The highest BCUT2D eigenvalue weighted by Gasteiger charge is 2.42. The summed E-state index contributed by atoms with van der Waals surface area (Å²) in [4.78, 5) is 9.30. The second-order valence-electron chi connectivity index (χ2n) is 4.44. The lowest BCUT2D eigenvalue weighted by Gasteiger charge is -2.34. The van der Waals surface area contributed by atoms with Gasteiger partial charge in [-0.2, -0.15) is 23.1 Å². The van der Waals surface area contributed by atoms with Gasteiger partial charge in [-0.3, -0.25) is 0 Å². The summed E-state index contributed by atoms with van der Waals surface area (Å²) in [6.07, 6.45) is -3.59. The van der Waals surface area contributed by atoms with Crippen LogP contribution in [0, 0.1) is 5.92 Å². The van der Waals surface area contributed by atoms with Crippen molar-refractivity contribution in [2.45, 2.75) is 19.0 Å². The van der Waals surface area contributed by atoms with E-state index in [1.165, 1.54) is 6.07 Å². The minimum absolute atomic E-state index is 0.0282. The second-order valence-corrected chi connectivity index (χ2v) is 4.44. The van der Waals surface area contributed by atoms with Crippen LogP contribution in [0.4, 0.5) is 30.8 Å². The zero-order valence-corrected chi connectivity index (χ0v) is 10.1. The number of alkyl halides is 3. The quantitative estimate of drug-likeness (QED) is 0.553. The molecule has 0 aromatic carbocycles. The van der Waals surface area contributed by atoms with Crippen molar-refractivity contribution >= 4 is 17.6 Å². The van der Waals surface area contributed by atoms with Gasteiger partial charge in [-0.15, -0.1) is 0 Å². The zero-order chi connectivity index (χ0) is 14.0. The Kier molecular flexibility index (Phi) is 3.65. The molecule has 0 bridgehead atoms. The third-order valence-electron chi connectivity index (χ3n) is 3.09. The van der Waals surface area contributed by atoms with E-state index >= 15 is 0 Å². The Labute approximate surface area is 108 Å². The number of piperidine rings is 1. The van der Waals surface area contributed by atoms with Crippen molar-refractivity contribution in [1.29, 1.82) is 0 Å². The fourth-order valence-corrected chi connectivity index (χ4v) is 2.14. The molecule has 1 saturated heterocycles. The van der Waals surface area contributed by atoms with Gasteiger partial charge in [0, 0.05) is 19.2 Å². The zero-order valence-electron chi connectivity index (χ0n) is 10.1. The topological polar surface area (TPSA) is 93.1 Å². The summed E-state index contributed by atoms with van der Waals surface area (Å²) in [6, 6.07) is 1.48. The van der Waals surface area contributed by atoms with E-state index < -0.39 is 12.1 Å². The molecule has 0 spiro atoms. The number of hydrogen-bond acceptors (Lipinski definition) is 6. The molecule has 0 radical (unpaired) electrons. The van der Waals surface area contributed by atoms with Gasteiger partial charge in [-0.25, -0.2) is 5.84 Å². The van der Waals surface area contributed by atoms with Gasteiger partial charge in [0.25, 0.3) is 0 Å². The normalized spacial score (nSPS) is 20.4. The van der Waals surface area contributed by atoms with Crippen LogP contribution in [0.5, 0.6) is 0 Å². The van der Waals surface area contributed by atoms with Crippen molar-refractivity contribution in [1.82, 2.24) is 9.97 Å². The van der Waals surface area contributed by atoms with E-state index in [1.54, 1.807) is 4.90 Å². The third kappa shape index (κ3) is 3.16. The maximum atomic E-state index is 12.7. The summed E-state index contributed by atoms with van der Waals surface area (Å²) in [5, 5.41) is 0. The predicted octanol–water partition coefficient (Wildman–Crippen LogP) is 1.12. The number of rotatable bonds is 2. The molecule has 1 aromatic heterocycles. The van der Waals surface area contributed by atoms with Gasteiger partial charge in [0.2, 0.25) is 5.95 Å². The molecule has 0 amide bonds. The minimum Gasteiger partial charge on any atom is -0.368 e. The van der Waals surface area contributed by atoms with Crippen molar-refractivity contribution in [3.63, 3.8) is 0 Å². The van der Waals surface area contributed by atoms with Crippen molar-refractivity contribution in [3.05, 3.63) is 6.07 Å². The molecule has 0 saturated carbocycles. The highest BCUT2D eigenvalue weighted by Crippen LogP contribution is 2.34. The van der Waals surface area contributed by atoms with Gasteiger partial charge in [0.1, 0.15) is 11.6 Å². The average molecular weight is 276 g/mol. The number of hydrogen-bond donors (Lipinski definition) is 3. The summed E-state index contributed by atoms with van der Waals surface area (Å²) in [6.45, 7) is 0.386. The maximum Gasteiger partial charge on any atom is 0.393 e. The molecule has 6 nitrogen and oxygen atoms in total. The first-order valence-corrected chi connectivity index (χ1v) is 5.83. The van der Waals surface area contributed by atoms with Crippen molar-refractivity contribution < 1.29 is 13.2 Å². The van der Waals surface area contributed by atoms with Gasteiger partial charge in [0.05, 0.1) is 5.92 Å². The Morgan fingerprint density at radius 3 is 2.74 bits per heavy atom. The van der Waals surface area contributed by atoms with Gasteiger partial charge < -0.3 is 16.1 Å². The van der Waals surface area contributed by atoms with Gasteiger partial charge >= 0.3 is 6.18 Å². The number of nitrogens with zero attached hydrogens (tertiary/aromatic N) is 3. The van der Waals surface area contributed by atoms with E-state index in [1.807, 2.05) is 0 Å². The Hall–Kier alpha value is -1.77. The first kappa shape index (κ1) is 13.7. The lowest BCUT2D eigenvalue weighted by Crippen LogP contribution is -2.42. The molecule has 0 aliphatic carbocycles. The predicted molar refractivity (Wildman–Crippen MR) is 65.2 cm³/mol. The average Bonchev–Trinajstić information content (AvgIpc) is 2.37. The van der Waals surface area contributed by atoms with E-state index in [0.717, 1.165) is 0 Å². The van der Waals surface area contributed by atoms with E-state index in [-0.39, 0.29) is 24.7 Å². The standard InChI is InChI=1S/C10H15F3N6/c11-10(12,13)6-2-1-3-19(5-6)8-4-7(18-15)16-9(14)17-8/h4,6H,1-3,5,15H2,(H3,14,16,17,18). The lowest BCUT2D eigenvalue weighted by atomic mass is 9.97. The van der Waals surface area contributed by atoms with Crippen molar-refractivity contribution in [2.24, 2.45) is 11.8 Å². The molecule has 1 aliphatic heterocycles. The number of hydrazine groups is 1. The van der Waals surface area contributed by atoms with Gasteiger partial charge in [-0.1, -0.05) is 0 Å². The second kappa shape index (κ2) is 5.08. The molecule has 1 atom stereocenters. The molecule has 106 valence electrons. The highest BCUT2D eigenvalue weighted by molar-refractivity contribution is 5.52. The molecule has 1 aromatic rings. The Balaban J connectivity index is 2.19. The number of nitrogens with two attached hydrogens (primary N) is 2. The minimum atomic E-state index is -4.19. The largest absolute Gasteiger partial charge is 0.393 e. The summed E-state index contributed by atoms with van der Waals surface area (Å²) in [7, 11) is 0.